The number of nitrogens with one attached hydrogen (secondary N) is 3. The molecule has 3 rings (SSSR count). The van der Waals surface area contributed by atoms with E-state index in [2.05, 4.69) is 28.1 Å². The molecule has 0 radical (unpaired) electrons. The number of aryl methyl sites for hydroxylation is 1. The van der Waals surface area contributed by atoms with E-state index in [1.54, 1.807) is 5.38 Å². The molecule has 1 unspecified atom stereocenters. The summed E-state index contributed by atoms with van der Waals surface area (Å²) in [5.74, 6) is -0.567. The van der Waals surface area contributed by atoms with Crippen molar-refractivity contribution in [3.05, 3.63) is 40.9 Å². The number of hydrogen-bond acceptors (Lipinski definition) is 6. The number of rotatable bonds is 4. The van der Waals surface area contributed by atoms with Gasteiger partial charge in [-0.25, -0.2) is 23.6 Å². The number of carbonyl (C=O) groups is 2. The summed E-state index contributed by atoms with van der Waals surface area (Å²) in [4.78, 5) is 28.2. The Balaban J connectivity index is 1.52. The van der Waals surface area contributed by atoms with Gasteiger partial charge in [-0.1, -0.05) is 31.2 Å². The quantitative estimate of drug-likeness (QED) is 0.663. The van der Waals surface area contributed by atoms with Crippen LogP contribution >= 0.6 is 11.3 Å². The lowest BCUT2D eigenvalue weighted by Gasteiger charge is -2.12. The molecular weight excluding hydrogens is 388 g/mol. The smallest absolute Gasteiger partial charge is 0.333 e. The molecular formula is C17H20N4O4S2. The summed E-state index contributed by atoms with van der Waals surface area (Å²) in [5, 5.41) is 4.85. The fourth-order valence-electron chi connectivity index (χ4n) is 2.70. The van der Waals surface area contributed by atoms with Gasteiger partial charge in [0, 0.05) is 17.0 Å². The molecule has 1 aliphatic heterocycles. The molecule has 2 aromatic rings. The van der Waals surface area contributed by atoms with Crippen molar-refractivity contribution in [2.24, 2.45) is 0 Å². The zero-order chi connectivity index (χ0) is 19.4. The molecule has 144 valence electrons. The van der Waals surface area contributed by atoms with Crippen LogP contribution in [0.2, 0.25) is 0 Å². The van der Waals surface area contributed by atoms with Crippen LogP contribution in [0.15, 0.2) is 29.6 Å². The van der Waals surface area contributed by atoms with E-state index in [0.717, 1.165) is 12.0 Å². The maximum atomic E-state index is 12.1. The second kappa shape index (κ2) is 8.05. The van der Waals surface area contributed by atoms with Gasteiger partial charge in [-0.05, 0) is 18.4 Å². The second-order valence-electron chi connectivity index (χ2n) is 6.24. The summed E-state index contributed by atoms with van der Waals surface area (Å²) >= 11 is 1.34. The second-order valence-corrected chi connectivity index (χ2v) is 9.33. The fraction of sp³-hybridized carbons (Fsp3) is 0.353. The number of hydrogen-bond donors (Lipinski definition) is 3. The van der Waals surface area contributed by atoms with Crippen molar-refractivity contribution in [3.8, 4) is 10.6 Å². The average Bonchev–Trinajstić information content (AvgIpc) is 3.26. The number of aromatic nitrogens is 1. The molecule has 3 amide bonds. The number of hydrazine groups is 1. The Morgan fingerprint density at radius 3 is 2.59 bits per heavy atom. The van der Waals surface area contributed by atoms with Gasteiger partial charge in [0.1, 0.15) is 10.7 Å². The van der Waals surface area contributed by atoms with Gasteiger partial charge in [0.05, 0.1) is 11.5 Å². The number of thiazole rings is 1. The Hall–Kier alpha value is -2.46. The molecule has 0 bridgehead atoms. The minimum absolute atomic E-state index is 0.0607. The highest BCUT2D eigenvalue weighted by molar-refractivity contribution is 7.91. The Morgan fingerprint density at radius 1 is 1.22 bits per heavy atom. The molecule has 1 aromatic carbocycles. The van der Waals surface area contributed by atoms with Gasteiger partial charge in [0.2, 0.25) is 0 Å². The highest BCUT2D eigenvalue weighted by atomic mass is 32.2. The molecule has 1 atom stereocenters. The van der Waals surface area contributed by atoms with Gasteiger partial charge in [-0.15, -0.1) is 11.3 Å². The number of carbonyl (C=O) groups excluding carboxylic acids is 2. The maximum Gasteiger partial charge on any atom is 0.333 e. The SMILES string of the molecule is CCc1ccc(-c2nc(C(=O)NNC(=O)NC3CCS(=O)(=O)C3)cs2)cc1. The minimum Gasteiger partial charge on any atom is -0.333 e. The zero-order valence-electron chi connectivity index (χ0n) is 14.7. The largest absolute Gasteiger partial charge is 0.333 e. The van der Waals surface area contributed by atoms with Crippen LogP contribution < -0.4 is 16.2 Å². The summed E-state index contributed by atoms with van der Waals surface area (Å²) in [7, 11) is -3.08. The predicted octanol–water partition coefficient (Wildman–Crippen LogP) is 1.50. The first-order chi connectivity index (χ1) is 12.9. The molecule has 27 heavy (non-hydrogen) atoms. The third-order valence-electron chi connectivity index (χ3n) is 4.20. The average molecular weight is 409 g/mol. The molecule has 1 aromatic heterocycles. The van der Waals surface area contributed by atoms with E-state index in [-0.39, 0.29) is 17.2 Å². The van der Waals surface area contributed by atoms with Crippen molar-refractivity contribution in [3.63, 3.8) is 0 Å². The summed E-state index contributed by atoms with van der Waals surface area (Å²) < 4.78 is 22.8. The molecule has 10 heteroatoms. The van der Waals surface area contributed by atoms with Gasteiger partial charge in [0.15, 0.2) is 9.84 Å². The van der Waals surface area contributed by atoms with E-state index in [4.69, 9.17) is 0 Å². The first-order valence-electron chi connectivity index (χ1n) is 8.48. The molecule has 0 saturated carbocycles. The van der Waals surface area contributed by atoms with Crippen molar-refractivity contribution in [1.29, 1.82) is 0 Å². The van der Waals surface area contributed by atoms with Crippen molar-refractivity contribution >= 4 is 33.1 Å². The van der Waals surface area contributed by atoms with E-state index >= 15 is 0 Å². The Kier molecular flexibility index (Phi) is 5.76. The maximum absolute atomic E-state index is 12.1. The Bertz CT molecular complexity index is 938. The van der Waals surface area contributed by atoms with Gasteiger partial charge < -0.3 is 5.32 Å². The normalized spacial score (nSPS) is 18.0. The molecule has 3 N–H and O–H groups in total. The van der Waals surface area contributed by atoms with E-state index in [0.29, 0.717) is 11.4 Å². The van der Waals surface area contributed by atoms with Gasteiger partial charge >= 0.3 is 6.03 Å². The first kappa shape index (κ1) is 19.3. The molecule has 0 aliphatic carbocycles. The number of urea groups is 1. The lowest BCUT2D eigenvalue weighted by molar-refractivity contribution is 0.0931. The van der Waals surface area contributed by atoms with Gasteiger partial charge in [0.25, 0.3) is 5.91 Å². The van der Waals surface area contributed by atoms with Crippen molar-refractivity contribution in [2.45, 2.75) is 25.8 Å². The summed E-state index contributed by atoms with van der Waals surface area (Å²) in [6.45, 7) is 2.08. The van der Waals surface area contributed by atoms with E-state index in [9.17, 15) is 18.0 Å². The molecule has 1 saturated heterocycles. The Morgan fingerprint density at radius 2 is 1.96 bits per heavy atom. The molecule has 1 fully saturated rings. The summed E-state index contributed by atoms with van der Waals surface area (Å²) in [5.41, 5.74) is 6.82. The van der Waals surface area contributed by atoms with Crippen LogP contribution in [0.5, 0.6) is 0 Å². The van der Waals surface area contributed by atoms with Gasteiger partial charge in [-0.2, -0.15) is 0 Å². The zero-order valence-corrected chi connectivity index (χ0v) is 16.3. The number of nitrogens with zero attached hydrogens (tertiary/aromatic N) is 1. The van der Waals surface area contributed by atoms with Crippen LogP contribution in [0.1, 0.15) is 29.4 Å². The number of benzene rings is 1. The summed E-state index contributed by atoms with van der Waals surface area (Å²) in [6, 6.07) is 6.86. The fourth-order valence-corrected chi connectivity index (χ4v) is 5.18. The topological polar surface area (TPSA) is 117 Å². The van der Waals surface area contributed by atoms with Crippen LogP contribution in [-0.4, -0.2) is 42.9 Å². The lowest BCUT2D eigenvalue weighted by atomic mass is 10.1. The third-order valence-corrected chi connectivity index (χ3v) is 6.86. The highest BCUT2D eigenvalue weighted by Gasteiger charge is 2.29. The van der Waals surface area contributed by atoms with Crippen molar-refractivity contribution < 1.29 is 18.0 Å². The molecule has 0 spiro atoms. The van der Waals surface area contributed by atoms with Crippen LogP contribution in [0, 0.1) is 0 Å². The number of sulfone groups is 1. The van der Waals surface area contributed by atoms with E-state index in [1.165, 1.54) is 16.9 Å². The van der Waals surface area contributed by atoms with Crippen LogP contribution in [0.4, 0.5) is 4.79 Å². The van der Waals surface area contributed by atoms with Crippen LogP contribution in [-0.2, 0) is 16.3 Å². The van der Waals surface area contributed by atoms with Gasteiger partial charge in [-0.3, -0.25) is 10.2 Å². The Labute approximate surface area is 161 Å². The van der Waals surface area contributed by atoms with E-state index < -0.39 is 27.8 Å². The summed E-state index contributed by atoms with van der Waals surface area (Å²) in [6.07, 6.45) is 1.32. The lowest BCUT2D eigenvalue weighted by Crippen LogP contribution is -2.50. The van der Waals surface area contributed by atoms with Crippen molar-refractivity contribution in [1.82, 2.24) is 21.2 Å². The van der Waals surface area contributed by atoms with E-state index in [1.807, 2.05) is 24.3 Å². The highest BCUT2D eigenvalue weighted by Crippen LogP contribution is 2.24. The molecule has 8 nitrogen and oxygen atoms in total. The third kappa shape index (κ3) is 5.04. The van der Waals surface area contributed by atoms with Crippen LogP contribution in [0.3, 0.4) is 0 Å². The predicted molar refractivity (Wildman–Crippen MR) is 103 cm³/mol. The van der Waals surface area contributed by atoms with Crippen LogP contribution in [0.25, 0.3) is 10.6 Å². The number of amides is 3. The van der Waals surface area contributed by atoms with Crippen molar-refractivity contribution in [2.75, 3.05) is 11.5 Å². The molecule has 2 heterocycles. The molecule has 1 aliphatic rings. The monoisotopic (exact) mass is 408 g/mol. The standard InChI is InChI=1S/C17H20N4O4S2/c1-2-11-3-5-12(6-4-11)16-19-14(9-26-16)15(22)20-21-17(23)18-13-7-8-27(24,25)10-13/h3-6,9,13H,2,7-8,10H2,1H3,(H,20,22)(H2,18,21,23). The first-order valence-corrected chi connectivity index (χ1v) is 11.2. The minimum atomic E-state index is -3.08.